The molecule has 1 atom stereocenters. The molecule has 0 saturated carbocycles. The third-order valence-corrected chi connectivity index (χ3v) is 5.88. The van der Waals surface area contributed by atoms with Crippen molar-refractivity contribution < 1.29 is 18.0 Å². The number of alkyl halides is 3. The second kappa shape index (κ2) is 8.96. The summed E-state index contributed by atoms with van der Waals surface area (Å²) >= 11 is 0. The van der Waals surface area contributed by atoms with Crippen molar-refractivity contribution in [3.8, 4) is 0 Å². The zero-order valence-electron chi connectivity index (χ0n) is 18.0. The zero-order chi connectivity index (χ0) is 21.9. The molecule has 6 heteroatoms. The molecule has 3 rings (SSSR count). The molecule has 1 saturated heterocycles. The topological polar surface area (TPSA) is 32.3 Å². The normalized spacial score (nSPS) is 18.0. The number of rotatable bonds is 8. The van der Waals surface area contributed by atoms with Crippen molar-refractivity contribution >= 4 is 16.7 Å². The van der Waals surface area contributed by atoms with Gasteiger partial charge in [0.15, 0.2) is 0 Å². The molecule has 2 aromatic rings. The highest BCUT2D eigenvalue weighted by atomic mass is 19.4. The number of amides is 1. The van der Waals surface area contributed by atoms with E-state index in [-0.39, 0.29) is 18.0 Å². The Morgan fingerprint density at radius 1 is 1.10 bits per heavy atom. The van der Waals surface area contributed by atoms with Gasteiger partial charge in [0.2, 0.25) is 5.91 Å². The van der Waals surface area contributed by atoms with Crippen LogP contribution in [0, 0.1) is 5.41 Å². The van der Waals surface area contributed by atoms with E-state index in [0.717, 1.165) is 53.4 Å². The molecule has 1 amide bonds. The monoisotopic (exact) mass is 420 g/mol. The van der Waals surface area contributed by atoms with E-state index in [1.165, 1.54) is 6.42 Å². The summed E-state index contributed by atoms with van der Waals surface area (Å²) in [5, 5.41) is 2.86. The Morgan fingerprint density at radius 3 is 2.43 bits per heavy atom. The van der Waals surface area contributed by atoms with Crippen LogP contribution in [0.3, 0.4) is 0 Å². The fourth-order valence-corrected chi connectivity index (χ4v) is 4.22. The third-order valence-electron chi connectivity index (χ3n) is 5.88. The number of halogens is 3. The summed E-state index contributed by atoms with van der Waals surface area (Å²) in [6, 6.07) is 9.05. The van der Waals surface area contributed by atoms with E-state index in [2.05, 4.69) is 12.3 Å². The number of fused-ring (bicyclic) bond motifs is 1. The summed E-state index contributed by atoms with van der Waals surface area (Å²) in [5.41, 5.74) is 2.73. The molecule has 1 fully saturated rings. The maximum atomic E-state index is 14.2. The van der Waals surface area contributed by atoms with Crippen LogP contribution in [-0.4, -0.2) is 23.6 Å². The van der Waals surface area contributed by atoms with Gasteiger partial charge in [-0.1, -0.05) is 62.9 Å². The largest absolute Gasteiger partial charge is 0.409 e. The highest BCUT2D eigenvalue weighted by molar-refractivity contribution is 5.87. The Hall–Kier alpha value is -2.08. The standard InChI is InChI=1S/C24H31F3N2O/c1-4-5-6-7-8-11-17-14-19(15-18-12-9-10-13-20(17)18)21(24(25,26)27)29-16-23(2,3)22(30)28-29/h9-10,12-15,21H,4-8,11,16H2,1-3H3,(H,28,30)/t21-/m0/s1. The lowest BCUT2D eigenvalue weighted by Gasteiger charge is -2.30. The van der Waals surface area contributed by atoms with E-state index in [1.807, 2.05) is 24.3 Å². The molecule has 0 unspecified atom stereocenters. The molecule has 0 bridgehead atoms. The Bertz CT molecular complexity index is 892. The minimum absolute atomic E-state index is 0.00911. The summed E-state index contributed by atoms with van der Waals surface area (Å²) in [6.45, 7) is 5.50. The van der Waals surface area contributed by atoms with Crippen molar-refractivity contribution in [1.29, 1.82) is 0 Å². The average Bonchev–Trinajstić information content (AvgIpc) is 2.92. The van der Waals surface area contributed by atoms with Crippen LogP contribution >= 0.6 is 0 Å². The van der Waals surface area contributed by atoms with Gasteiger partial charge in [0.1, 0.15) is 6.04 Å². The summed E-state index contributed by atoms with van der Waals surface area (Å²) in [5.74, 6) is -0.381. The number of nitrogens with zero attached hydrogens (tertiary/aromatic N) is 1. The van der Waals surface area contributed by atoms with E-state index >= 15 is 0 Å². The van der Waals surface area contributed by atoms with Crippen molar-refractivity contribution in [3.63, 3.8) is 0 Å². The van der Waals surface area contributed by atoms with Gasteiger partial charge in [0.05, 0.1) is 5.41 Å². The number of hydrogen-bond donors (Lipinski definition) is 1. The Kier molecular flexibility index (Phi) is 6.75. The molecule has 1 heterocycles. The van der Waals surface area contributed by atoms with E-state index in [0.29, 0.717) is 0 Å². The second-order valence-corrected chi connectivity index (χ2v) is 8.96. The third kappa shape index (κ3) is 4.97. The summed E-state index contributed by atoms with van der Waals surface area (Å²) in [7, 11) is 0. The van der Waals surface area contributed by atoms with E-state index < -0.39 is 17.6 Å². The average molecular weight is 421 g/mol. The number of aryl methyl sites for hydroxylation is 1. The molecule has 3 nitrogen and oxygen atoms in total. The molecule has 1 aliphatic heterocycles. The van der Waals surface area contributed by atoms with Crippen LogP contribution < -0.4 is 5.43 Å². The number of carbonyl (C=O) groups excluding carboxylic acids is 1. The first kappa shape index (κ1) is 22.6. The summed E-state index contributed by atoms with van der Waals surface area (Å²) in [6.07, 6.45) is 1.76. The molecule has 1 aliphatic rings. The van der Waals surface area contributed by atoms with E-state index in [1.54, 1.807) is 26.0 Å². The predicted molar refractivity (Wildman–Crippen MR) is 114 cm³/mol. The van der Waals surface area contributed by atoms with E-state index in [9.17, 15) is 18.0 Å². The van der Waals surface area contributed by atoms with Crippen LogP contribution in [0.1, 0.15) is 70.0 Å². The number of benzene rings is 2. The van der Waals surface area contributed by atoms with Crippen molar-refractivity contribution in [2.24, 2.45) is 5.41 Å². The molecular weight excluding hydrogens is 389 g/mol. The van der Waals surface area contributed by atoms with Crippen LogP contribution in [0.2, 0.25) is 0 Å². The van der Waals surface area contributed by atoms with Crippen molar-refractivity contribution in [3.05, 3.63) is 47.5 Å². The van der Waals surface area contributed by atoms with Gasteiger partial charge < -0.3 is 0 Å². The second-order valence-electron chi connectivity index (χ2n) is 8.96. The highest BCUT2D eigenvalue weighted by Crippen LogP contribution is 2.42. The Balaban J connectivity index is 1.96. The molecule has 0 spiro atoms. The van der Waals surface area contributed by atoms with Crippen LogP contribution in [0.5, 0.6) is 0 Å². The van der Waals surface area contributed by atoms with Crippen LogP contribution in [-0.2, 0) is 11.2 Å². The SMILES string of the molecule is CCCCCCCc1cc([C@H](N2CC(C)(C)C(=O)N2)C(F)(F)F)cc2ccccc12. The highest BCUT2D eigenvalue weighted by Gasteiger charge is 2.51. The van der Waals surface area contributed by atoms with Gasteiger partial charge in [-0.05, 0) is 54.7 Å². The molecule has 164 valence electrons. The predicted octanol–water partition coefficient (Wildman–Crippen LogP) is 6.33. The molecule has 0 radical (unpaired) electrons. The molecular formula is C24H31F3N2O. The lowest BCUT2D eigenvalue weighted by atomic mass is 9.92. The smallest absolute Gasteiger partial charge is 0.287 e. The van der Waals surface area contributed by atoms with Gasteiger partial charge in [-0.25, -0.2) is 5.01 Å². The number of nitrogens with one attached hydrogen (secondary N) is 1. The van der Waals surface area contributed by atoms with Gasteiger partial charge in [-0.2, -0.15) is 13.2 Å². The van der Waals surface area contributed by atoms with Crippen molar-refractivity contribution in [2.75, 3.05) is 6.54 Å². The van der Waals surface area contributed by atoms with Gasteiger partial charge in [0.25, 0.3) is 0 Å². The quantitative estimate of drug-likeness (QED) is 0.506. The first-order valence-corrected chi connectivity index (χ1v) is 10.8. The molecule has 0 aliphatic carbocycles. The summed E-state index contributed by atoms with van der Waals surface area (Å²) in [4.78, 5) is 12.2. The Labute approximate surface area is 176 Å². The van der Waals surface area contributed by atoms with Crippen LogP contribution in [0.15, 0.2) is 36.4 Å². The zero-order valence-corrected chi connectivity index (χ0v) is 18.0. The maximum Gasteiger partial charge on any atom is 0.409 e. The lowest BCUT2D eigenvalue weighted by molar-refractivity contribution is -0.191. The van der Waals surface area contributed by atoms with Gasteiger partial charge in [0, 0.05) is 6.54 Å². The first-order chi connectivity index (χ1) is 14.1. The molecule has 2 aromatic carbocycles. The maximum absolute atomic E-state index is 14.2. The minimum Gasteiger partial charge on any atom is -0.287 e. The number of hydrogen-bond acceptors (Lipinski definition) is 2. The Morgan fingerprint density at radius 2 is 1.80 bits per heavy atom. The van der Waals surface area contributed by atoms with Gasteiger partial charge in [-0.3, -0.25) is 10.2 Å². The van der Waals surface area contributed by atoms with Crippen molar-refractivity contribution in [1.82, 2.24) is 10.4 Å². The van der Waals surface area contributed by atoms with Crippen LogP contribution in [0.25, 0.3) is 10.8 Å². The number of hydrazine groups is 1. The molecule has 30 heavy (non-hydrogen) atoms. The first-order valence-electron chi connectivity index (χ1n) is 10.8. The van der Waals surface area contributed by atoms with Crippen LogP contribution in [0.4, 0.5) is 13.2 Å². The van der Waals surface area contributed by atoms with Crippen molar-refractivity contribution in [2.45, 2.75) is 71.5 Å². The van der Waals surface area contributed by atoms with E-state index in [4.69, 9.17) is 0 Å². The van der Waals surface area contributed by atoms with Gasteiger partial charge >= 0.3 is 6.18 Å². The number of carbonyl (C=O) groups is 1. The molecule has 1 N–H and O–H groups in total. The summed E-state index contributed by atoms with van der Waals surface area (Å²) < 4.78 is 42.5. The fourth-order valence-electron chi connectivity index (χ4n) is 4.22. The van der Waals surface area contributed by atoms with Gasteiger partial charge in [-0.15, -0.1) is 0 Å². The molecule has 0 aromatic heterocycles. The fraction of sp³-hybridized carbons (Fsp3) is 0.542. The minimum atomic E-state index is -4.51. The number of unbranched alkanes of at least 4 members (excludes halogenated alkanes) is 4. The lowest BCUT2D eigenvalue weighted by Crippen LogP contribution is -2.43.